The highest BCUT2D eigenvalue weighted by atomic mass is 127. The van der Waals surface area contributed by atoms with Crippen molar-refractivity contribution in [3.8, 4) is 0 Å². The van der Waals surface area contributed by atoms with E-state index in [1.54, 1.807) is 0 Å². The minimum atomic E-state index is 0. The van der Waals surface area contributed by atoms with Crippen molar-refractivity contribution in [2.45, 2.75) is 57.0 Å². The zero-order valence-electron chi connectivity index (χ0n) is 17.2. The molecule has 0 saturated carbocycles. The van der Waals surface area contributed by atoms with Gasteiger partial charge in [0.05, 0.1) is 0 Å². The van der Waals surface area contributed by atoms with E-state index in [9.17, 15) is 0 Å². The van der Waals surface area contributed by atoms with E-state index in [1.807, 2.05) is 7.05 Å². The van der Waals surface area contributed by atoms with Crippen molar-refractivity contribution in [2.24, 2.45) is 4.99 Å². The van der Waals surface area contributed by atoms with Crippen LogP contribution in [0.4, 0.5) is 0 Å². The Hall–Kier alpha value is -0.120. The molecule has 2 rings (SSSR count). The van der Waals surface area contributed by atoms with Crippen molar-refractivity contribution in [1.29, 1.82) is 0 Å². The monoisotopic (exact) mass is 481 g/mol. The Balaban J connectivity index is 0.00000338. The summed E-state index contributed by atoms with van der Waals surface area (Å²) in [5.41, 5.74) is 0.166. The van der Waals surface area contributed by atoms with Gasteiger partial charge in [-0.2, -0.15) is 0 Å². The standard InChI is InChI=1S/C19H39N5O.HI/c1-17-8-5-6-12-24(17)13-7-11-21-18(20-2)22-16-19(23(3)4)9-14-25-15-10-19;/h17H,5-16H2,1-4H3,(H2,20,21,22);1H. The molecule has 0 aromatic rings. The fourth-order valence-corrected chi connectivity index (χ4v) is 3.98. The van der Waals surface area contributed by atoms with Gasteiger partial charge >= 0.3 is 0 Å². The predicted octanol–water partition coefficient (Wildman–Crippen LogP) is 2.14. The van der Waals surface area contributed by atoms with Crippen LogP contribution < -0.4 is 10.6 Å². The molecule has 0 aromatic carbocycles. The Kier molecular flexibility index (Phi) is 11.4. The number of rotatable bonds is 7. The molecular formula is C19H40IN5O. The quantitative estimate of drug-likeness (QED) is 0.253. The van der Waals surface area contributed by atoms with E-state index in [0.717, 1.165) is 57.6 Å². The Morgan fingerprint density at radius 3 is 2.58 bits per heavy atom. The van der Waals surface area contributed by atoms with Gasteiger partial charge in [0.2, 0.25) is 0 Å². The molecule has 26 heavy (non-hydrogen) atoms. The predicted molar refractivity (Wildman–Crippen MR) is 121 cm³/mol. The van der Waals surface area contributed by atoms with Crippen molar-refractivity contribution in [1.82, 2.24) is 20.4 Å². The largest absolute Gasteiger partial charge is 0.381 e. The minimum Gasteiger partial charge on any atom is -0.381 e. The molecule has 1 unspecified atom stereocenters. The molecule has 2 saturated heterocycles. The van der Waals surface area contributed by atoms with Crippen LogP contribution in [0.5, 0.6) is 0 Å². The summed E-state index contributed by atoms with van der Waals surface area (Å²) in [5, 5.41) is 7.02. The molecule has 0 aromatic heterocycles. The van der Waals surface area contributed by atoms with E-state index in [0.29, 0.717) is 0 Å². The van der Waals surface area contributed by atoms with Gasteiger partial charge < -0.3 is 25.2 Å². The highest BCUT2D eigenvalue weighted by molar-refractivity contribution is 14.0. The van der Waals surface area contributed by atoms with E-state index >= 15 is 0 Å². The Bertz CT molecular complexity index is 413. The fourth-order valence-electron chi connectivity index (χ4n) is 3.98. The van der Waals surface area contributed by atoms with Crippen molar-refractivity contribution in [3.63, 3.8) is 0 Å². The van der Waals surface area contributed by atoms with Crippen molar-refractivity contribution in [2.75, 3.05) is 60.5 Å². The van der Waals surface area contributed by atoms with Gasteiger partial charge in [0.1, 0.15) is 0 Å². The molecule has 2 N–H and O–H groups in total. The second kappa shape index (κ2) is 12.4. The molecule has 0 radical (unpaired) electrons. The molecule has 2 heterocycles. The first kappa shape index (κ1) is 23.9. The highest BCUT2D eigenvalue weighted by Crippen LogP contribution is 2.25. The van der Waals surface area contributed by atoms with E-state index in [1.165, 1.54) is 32.4 Å². The zero-order chi connectivity index (χ0) is 18.1. The van der Waals surface area contributed by atoms with Crippen LogP contribution in [0.15, 0.2) is 4.99 Å². The van der Waals surface area contributed by atoms with Gasteiger partial charge in [-0.1, -0.05) is 6.42 Å². The molecule has 0 aliphatic carbocycles. The average Bonchev–Trinajstić information content (AvgIpc) is 2.63. The topological polar surface area (TPSA) is 52.1 Å². The number of ether oxygens (including phenoxy) is 1. The lowest BCUT2D eigenvalue weighted by Crippen LogP contribution is -2.57. The van der Waals surface area contributed by atoms with E-state index in [-0.39, 0.29) is 29.5 Å². The van der Waals surface area contributed by atoms with Gasteiger partial charge in [0.15, 0.2) is 5.96 Å². The fraction of sp³-hybridized carbons (Fsp3) is 0.947. The summed E-state index contributed by atoms with van der Waals surface area (Å²) in [4.78, 5) is 9.36. The Morgan fingerprint density at radius 1 is 1.23 bits per heavy atom. The third-order valence-electron chi connectivity index (χ3n) is 6.04. The van der Waals surface area contributed by atoms with Gasteiger partial charge in [0, 0.05) is 51.5 Å². The van der Waals surface area contributed by atoms with Crippen LogP contribution in [-0.4, -0.2) is 87.9 Å². The van der Waals surface area contributed by atoms with Gasteiger partial charge in [-0.3, -0.25) is 4.99 Å². The number of nitrogens with one attached hydrogen (secondary N) is 2. The summed E-state index contributed by atoms with van der Waals surface area (Å²) in [5.74, 6) is 0.916. The summed E-state index contributed by atoms with van der Waals surface area (Å²) in [6, 6.07) is 0.750. The van der Waals surface area contributed by atoms with Crippen LogP contribution in [0.2, 0.25) is 0 Å². The molecule has 0 spiro atoms. The zero-order valence-corrected chi connectivity index (χ0v) is 19.6. The first-order valence-corrected chi connectivity index (χ1v) is 10.0. The SMILES string of the molecule is CN=C(NCCCN1CCCCC1C)NCC1(N(C)C)CCOCC1.I. The summed E-state index contributed by atoms with van der Waals surface area (Å²) < 4.78 is 5.55. The van der Waals surface area contributed by atoms with E-state index in [2.05, 4.69) is 46.4 Å². The van der Waals surface area contributed by atoms with Crippen molar-refractivity contribution in [3.05, 3.63) is 0 Å². The number of nitrogens with zero attached hydrogens (tertiary/aromatic N) is 3. The molecule has 2 aliphatic rings. The smallest absolute Gasteiger partial charge is 0.191 e. The van der Waals surface area contributed by atoms with Crippen LogP contribution in [0.1, 0.15) is 45.4 Å². The second-order valence-corrected chi connectivity index (χ2v) is 7.82. The molecule has 0 bridgehead atoms. The van der Waals surface area contributed by atoms with Gasteiger partial charge in [0.25, 0.3) is 0 Å². The van der Waals surface area contributed by atoms with Gasteiger partial charge in [-0.25, -0.2) is 0 Å². The normalized spacial score (nSPS) is 24.2. The number of hydrogen-bond acceptors (Lipinski definition) is 4. The number of likely N-dealkylation sites (tertiary alicyclic amines) is 1. The maximum Gasteiger partial charge on any atom is 0.191 e. The third-order valence-corrected chi connectivity index (χ3v) is 6.04. The summed E-state index contributed by atoms with van der Waals surface area (Å²) in [7, 11) is 6.19. The van der Waals surface area contributed by atoms with Crippen LogP contribution in [-0.2, 0) is 4.74 Å². The number of aliphatic imine (C=N–C) groups is 1. The summed E-state index contributed by atoms with van der Waals surface area (Å²) >= 11 is 0. The van der Waals surface area contributed by atoms with Crippen LogP contribution in [0, 0.1) is 0 Å². The maximum absolute atomic E-state index is 5.55. The number of guanidine groups is 1. The molecule has 154 valence electrons. The highest BCUT2D eigenvalue weighted by Gasteiger charge is 2.34. The number of piperidine rings is 1. The Labute approximate surface area is 177 Å². The van der Waals surface area contributed by atoms with Crippen LogP contribution in [0.25, 0.3) is 0 Å². The lowest BCUT2D eigenvalue weighted by molar-refractivity contribution is -0.00501. The van der Waals surface area contributed by atoms with Crippen LogP contribution in [0.3, 0.4) is 0 Å². The van der Waals surface area contributed by atoms with Gasteiger partial charge in [-0.15, -0.1) is 24.0 Å². The molecule has 6 nitrogen and oxygen atoms in total. The van der Waals surface area contributed by atoms with E-state index < -0.39 is 0 Å². The average molecular weight is 481 g/mol. The number of hydrogen-bond donors (Lipinski definition) is 2. The molecular weight excluding hydrogens is 441 g/mol. The van der Waals surface area contributed by atoms with Crippen molar-refractivity contribution < 1.29 is 4.74 Å². The second-order valence-electron chi connectivity index (χ2n) is 7.82. The number of halogens is 1. The van der Waals surface area contributed by atoms with Gasteiger partial charge in [-0.05, 0) is 59.7 Å². The first-order valence-electron chi connectivity index (χ1n) is 10.0. The maximum atomic E-state index is 5.55. The van der Waals surface area contributed by atoms with E-state index in [4.69, 9.17) is 4.74 Å². The third kappa shape index (κ3) is 7.13. The first-order chi connectivity index (χ1) is 12.1. The molecule has 1 atom stereocenters. The molecule has 2 fully saturated rings. The minimum absolute atomic E-state index is 0. The van der Waals surface area contributed by atoms with Crippen molar-refractivity contribution >= 4 is 29.9 Å². The number of likely N-dealkylation sites (N-methyl/N-ethyl adjacent to an activating group) is 1. The summed E-state index contributed by atoms with van der Waals surface area (Å²) in [6.07, 6.45) is 7.40. The lowest BCUT2D eigenvalue weighted by atomic mass is 9.88. The van der Waals surface area contributed by atoms with Crippen LogP contribution >= 0.6 is 24.0 Å². The molecule has 0 amide bonds. The summed E-state index contributed by atoms with van der Waals surface area (Å²) in [6.45, 7) is 8.39. The Morgan fingerprint density at radius 2 is 1.96 bits per heavy atom. The lowest BCUT2D eigenvalue weighted by Gasteiger charge is -2.43. The molecule has 7 heteroatoms. The molecule has 2 aliphatic heterocycles.